The summed E-state index contributed by atoms with van der Waals surface area (Å²) in [6.07, 6.45) is 2.22. The van der Waals surface area contributed by atoms with Crippen molar-refractivity contribution in [2.75, 3.05) is 6.61 Å². The SMILES string of the molecule is CCOC(=O)c1cc2c(Cl)ccc3c2n1CCCCC3=O. The van der Waals surface area contributed by atoms with Gasteiger partial charge in [-0.15, -0.1) is 0 Å². The van der Waals surface area contributed by atoms with E-state index in [2.05, 4.69) is 0 Å². The number of ether oxygens (including phenoxy) is 1. The normalized spacial score (nSPS) is 14.9. The number of carbonyl (C=O) groups excluding carboxylic acids is 2. The maximum absolute atomic E-state index is 12.3. The van der Waals surface area contributed by atoms with E-state index < -0.39 is 0 Å². The molecule has 0 saturated carbocycles. The van der Waals surface area contributed by atoms with E-state index in [0.717, 1.165) is 23.7 Å². The van der Waals surface area contributed by atoms with E-state index in [1.807, 2.05) is 4.57 Å². The van der Waals surface area contributed by atoms with E-state index in [1.54, 1.807) is 25.1 Å². The molecule has 0 fully saturated rings. The van der Waals surface area contributed by atoms with E-state index in [9.17, 15) is 9.59 Å². The minimum atomic E-state index is -0.372. The second-order valence-corrected chi connectivity index (χ2v) is 5.55. The summed E-state index contributed by atoms with van der Waals surface area (Å²) in [6, 6.07) is 5.21. The van der Waals surface area contributed by atoms with Gasteiger partial charge in [-0.1, -0.05) is 11.6 Å². The quantitative estimate of drug-likeness (QED) is 0.792. The average molecular weight is 306 g/mol. The second-order valence-electron chi connectivity index (χ2n) is 5.14. The molecular weight excluding hydrogens is 290 g/mol. The van der Waals surface area contributed by atoms with Crippen molar-refractivity contribution in [1.82, 2.24) is 4.57 Å². The first-order chi connectivity index (χ1) is 10.1. The number of carbonyl (C=O) groups is 2. The molecule has 0 bridgehead atoms. The van der Waals surface area contributed by atoms with Gasteiger partial charge in [0.25, 0.3) is 0 Å². The van der Waals surface area contributed by atoms with Gasteiger partial charge in [-0.05, 0) is 38.0 Å². The molecule has 2 heterocycles. The number of hydrogen-bond acceptors (Lipinski definition) is 3. The number of hydrogen-bond donors (Lipinski definition) is 0. The molecule has 0 N–H and O–H groups in total. The number of benzene rings is 1. The zero-order chi connectivity index (χ0) is 15.0. The van der Waals surface area contributed by atoms with Gasteiger partial charge in [0, 0.05) is 23.9 Å². The molecule has 2 aromatic rings. The molecule has 1 aromatic heterocycles. The highest BCUT2D eigenvalue weighted by Crippen LogP contribution is 2.33. The molecule has 0 spiro atoms. The Balaban J connectivity index is 2.30. The Bertz CT molecular complexity index is 733. The van der Waals surface area contributed by atoms with Crippen LogP contribution in [0.5, 0.6) is 0 Å². The zero-order valence-electron chi connectivity index (χ0n) is 11.8. The molecule has 3 rings (SSSR count). The summed E-state index contributed by atoms with van der Waals surface area (Å²) >= 11 is 6.24. The molecule has 1 aromatic carbocycles. The lowest BCUT2D eigenvalue weighted by Crippen LogP contribution is -2.15. The number of aryl methyl sites for hydroxylation is 1. The highest BCUT2D eigenvalue weighted by Gasteiger charge is 2.23. The molecule has 0 radical (unpaired) electrons. The van der Waals surface area contributed by atoms with E-state index in [-0.39, 0.29) is 11.8 Å². The van der Waals surface area contributed by atoms with Gasteiger partial charge >= 0.3 is 5.97 Å². The topological polar surface area (TPSA) is 48.3 Å². The van der Waals surface area contributed by atoms with Gasteiger partial charge in [0.15, 0.2) is 5.78 Å². The van der Waals surface area contributed by atoms with Crippen LogP contribution in [0, 0.1) is 0 Å². The Morgan fingerprint density at radius 1 is 1.38 bits per heavy atom. The van der Waals surface area contributed by atoms with E-state index in [4.69, 9.17) is 16.3 Å². The number of esters is 1. The number of rotatable bonds is 2. The third-order valence-corrected chi connectivity index (χ3v) is 4.16. The summed E-state index contributed by atoms with van der Waals surface area (Å²) in [5.41, 5.74) is 1.87. The maximum atomic E-state index is 12.3. The molecule has 0 aliphatic carbocycles. The van der Waals surface area contributed by atoms with Crippen molar-refractivity contribution in [3.8, 4) is 0 Å². The molecular formula is C16H16ClNO3. The molecule has 110 valence electrons. The van der Waals surface area contributed by atoms with Crippen LogP contribution in [0.4, 0.5) is 0 Å². The first kappa shape index (κ1) is 14.1. The van der Waals surface area contributed by atoms with Crippen molar-refractivity contribution in [2.24, 2.45) is 0 Å². The summed E-state index contributed by atoms with van der Waals surface area (Å²) in [4.78, 5) is 24.4. The highest BCUT2D eigenvalue weighted by atomic mass is 35.5. The number of halogens is 1. The predicted octanol–water partition coefficient (Wildman–Crippen LogP) is 3.84. The molecule has 1 aliphatic heterocycles. The average Bonchev–Trinajstić information content (AvgIpc) is 2.82. The minimum Gasteiger partial charge on any atom is -0.461 e. The van der Waals surface area contributed by atoms with Crippen LogP contribution >= 0.6 is 11.6 Å². The van der Waals surface area contributed by atoms with Crippen LogP contribution in [0.2, 0.25) is 5.02 Å². The van der Waals surface area contributed by atoms with Crippen molar-refractivity contribution < 1.29 is 14.3 Å². The Morgan fingerprint density at radius 2 is 2.19 bits per heavy atom. The van der Waals surface area contributed by atoms with Gasteiger partial charge in [0.2, 0.25) is 0 Å². The van der Waals surface area contributed by atoms with Crippen LogP contribution in [0.1, 0.15) is 47.0 Å². The molecule has 0 saturated heterocycles. The highest BCUT2D eigenvalue weighted by molar-refractivity contribution is 6.36. The Labute approximate surface area is 127 Å². The number of Topliss-reactive ketones (excluding diaryl/α,β-unsaturated/α-hetero) is 1. The molecule has 5 heteroatoms. The van der Waals surface area contributed by atoms with Gasteiger partial charge in [-0.2, -0.15) is 0 Å². The molecule has 21 heavy (non-hydrogen) atoms. The van der Waals surface area contributed by atoms with Crippen molar-refractivity contribution in [1.29, 1.82) is 0 Å². The fourth-order valence-corrected chi connectivity index (χ4v) is 3.08. The lowest BCUT2D eigenvalue weighted by molar-refractivity contribution is 0.0513. The molecule has 1 aliphatic rings. The summed E-state index contributed by atoms with van der Waals surface area (Å²) in [5, 5.41) is 1.29. The van der Waals surface area contributed by atoms with Gasteiger partial charge in [0.1, 0.15) is 5.69 Å². The second kappa shape index (κ2) is 5.53. The lowest BCUT2D eigenvalue weighted by atomic mass is 10.0. The summed E-state index contributed by atoms with van der Waals surface area (Å²) < 4.78 is 7.00. The van der Waals surface area contributed by atoms with E-state index in [0.29, 0.717) is 35.9 Å². The smallest absolute Gasteiger partial charge is 0.354 e. The van der Waals surface area contributed by atoms with Crippen molar-refractivity contribution in [3.05, 3.63) is 34.5 Å². The third-order valence-electron chi connectivity index (χ3n) is 3.83. The number of aromatic nitrogens is 1. The molecule has 4 nitrogen and oxygen atoms in total. The molecule has 0 unspecified atom stereocenters. The fourth-order valence-electron chi connectivity index (χ4n) is 2.87. The van der Waals surface area contributed by atoms with Crippen LogP contribution in [-0.4, -0.2) is 22.9 Å². The van der Waals surface area contributed by atoms with Gasteiger partial charge < -0.3 is 9.30 Å². The predicted molar refractivity (Wildman–Crippen MR) is 81.1 cm³/mol. The monoisotopic (exact) mass is 305 g/mol. The molecule has 0 atom stereocenters. The van der Waals surface area contributed by atoms with E-state index in [1.165, 1.54) is 0 Å². The summed E-state index contributed by atoms with van der Waals surface area (Å²) in [7, 11) is 0. The van der Waals surface area contributed by atoms with Crippen LogP contribution in [0.3, 0.4) is 0 Å². The van der Waals surface area contributed by atoms with Crippen LogP contribution in [0.15, 0.2) is 18.2 Å². The Kier molecular flexibility index (Phi) is 3.72. The fraction of sp³-hybridized carbons (Fsp3) is 0.375. The summed E-state index contributed by atoms with van der Waals surface area (Å²) in [6.45, 7) is 2.79. The zero-order valence-corrected chi connectivity index (χ0v) is 12.6. The Morgan fingerprint density at radius 3 is 2.95 bits per heavy atom. The van der Waals surface area contributed by atoms with Crippen LogP contribution in [0.25, 0.3) is 10.9 Å². The maximum Gasteiger partial charge on any atom is 0.354 e. The number of ketones is 1. The largest absolute Gasteiger partial charge is 0.461 e. The van der Waals surface area contributed by atoms with Crippen molar-refractivity contribution in [3.63, 3.8) is 0 Å². The van der Waals surface area contributed by atoms with Gasteiger partial charge in [-0.3, -0.25) is 4.79 Å². The molecule has 0 amide bonds. The van der Waals surface area contributed by atoms with E-state index >= 15 is 0 Å². The summed E-state index contributed by atoms with van der Waals surface area (Å²) in [5.74, 6) is -0.269. The van der Waals surface area contributed by atoms with Gasteiger partial charge in [-0.25, -0.2) is 4.79 Å². The van der Waals surface area contributed by atoms with Gasteiger partial charge in [0.05, 0.1) is 17.1 Å². The lowest BCUT2D eigenvalue weighted by Gasteiger charge is -2.15. The first-order valence-electron chi connectivity index (χ1n) is 7.15. The Hall–Kier alpha value is -1.81. The van der Waals surface area contributed by atoms with Crippen LogP contribution in [-0.2, 0) is 11.3 Å². The third kappa shape index (κ3) is 2.33. The van der Waals surface area contributed by atoms with Crippen LogP contribution < -0.4 is 0 Å². The first-order valence-corrected chi connectivity index (χ1v) is 7.53. The standard InChI is InChI=1S/C16H16ClNO3/c1-2-21-16(20)13-9-11-12(17)7-6-10-14(19)5-3-4-8-18(13)15(10)11/h6-7,9H,2-5,8H2,1H3. The minimum absolute atomic E-state index is 0.103. The van der Waals surface area contributed by atoms with Crippen molar-refractivity contribution in [2.45, 2.75) is 32.7 Å². The van der Waals surface area contributed by atoms with Crippen molar-refractivity contribution >= 4 is 34.3 Å². The number of nitrogens with zero attached hydrogens (tertiary/aromatic N) is 1.